The normalized spacial score (nSPS) is 21.6. The fourth-order valence-corrected chi connectivity index (χ4v) is 4.63. The van der Waals surface area contributed by atoms with Gasteiger partial charge in [-0.15, -0.1) is 0 Å². The van der Waals surface area contributed by atoms with Crippen LogP contribution in [0, 0.1) is 0 Å². The molecule has 7 heteroatoms. The molecule has 1 atom stereocenters. The van der Waals surface area contributed by atoms with E-state index in [1.165, 1.54) is 5.69 Å². The molecule has 0 aliphatic carbocycles. The minimum Gasteiger partial charge on any atom is -0.497 e. The molecule has 2 aromatic rings. The van der Waals surface area contributed by atoms with Crippen molar-refractivity contribution in [3.63, 3.8) is 0 Å². The van der Waals surface area contributed by atoms with Crippen LogP contribution in [-0.4, -0.2) is 61.7 Å². The van der Waals surface area contributed by atoms with Crippen molar-refractivity contribution in [2.24, 2.45) is 0 Å². The van der Waals surface area contributed by atoms with Gasteiger partial charge in [-0.25, -0.2) is 4.98 Å². The van der Waals surface area contributed by atoms with Crippen LogP contribution in [0.4, 0.5) is 17.2 Å². The van der Waals surface area contributed by atoms with Crippen LogP contribution in [0.25, 0.3) is 0 Å². The smallest absolute Gasteiger partial charge is 0.247 e. The van der Waals surface area contributed by atoms with Crippen LogP contribution >= 0.6 is 0 Å². The fourth-order valence-electron chi connectivity index (χ4n) is 4.63. The first-order chi connectivity index (χ1) is 14.2. The van der Waals surface area contributed by atoms with Gasteiger partial charge < -0.3 is 19.9 Å². The maximum Gasteiger partial charge on any atom is 0.247 e. The number of carbonyl (C=O) groups excluding carboxylic acids is 1. The number of piperazine rings is 1. The number of carbonyl (C=O) groups is 1. The Kier molecular flexibility index (Phi) is 4.75. The van der Waals surface area contributed by atoms with Gasteiger partial charge in [0.05, 0.1) is 12.8 Å². The standard InChI is InChI=1S/C22H27N5O2/c1-29-18-6-4-17(5-7-18)26-11-9-25(10-12-26)15-16-13-19-21(23-14-16)27-8-2-3-20(27)22(28)24-19/h4-7,13-14,20H,2-3,8-12,15H2,1H3,(H,24,28). The number of anilines is 3. The number of aromatic nitrogens is 1. The van der Waals surface area contributed by atoms with Gasteiger partial charge in [0.1, 0.15) is 11.8 Å². The van der Waals surface area contributed by atoms with Crippen LogP contribution in [0.3, 0.4) is 0 Å². The first-order valence-electron chi connectivity index (χ1n) is 10.4. The lowest BCUT2D eigenvalue weighted by molar-refractivity contribution is -0.117. The highest BCUT2D eigenvalue weighted by atomic mass is 16.5. The van der Waals surface area contributed by atoms with Crippen molar-refractivity contribution < 1.29 is 9.53 Å². The number of amides is 1. The van der Waals surface area contributed by atoms with Gasteiger partial charge in [0, 0.05) is 51.2 Å². The first kappa shape index (κ1) is 18.2. The van der Waals surface area contributed by atoms with Gasteiger partial charge >= 0.3 is 0 Å². The van der Waals surface area contributed by atoms with Crippen LogP contribution in [-0.2, 0) is 11.3 Å². The molecule has 0 spiro atoms. The number of hydrogen-bond acceptors (Lipinski definition) is 6. The number of methoxy groups -OCH3 is 1. The minimum absolute atomic E-state index is 0.0353. The van der Waals surface area contributed by atoms with Crippen LogP contribution in [0.1, 0.15) is 18.4 Å². The zero-order chi connectivity index (χ0) is 19.8. The Hall–Kier alpha value is -2.80. The summed E-state index contributed by atoms with van der Waals surface area (Å²) in [5.41, 5.74) is 3.26. The Labute approximate surface area is 171 Å². The van der Waals surface area contributed by atoms with E-state index in [0.717, 1.165) is 74.9 Å². The van der Waals surface area contributed by atoms with Crippen molar-refractivity contribution in [3.05, 3.63) is 42.1 Å². The van der Waals surface area contributed by atoms with Crippen LogP contribution in [0.2, 0.25) is 0 Å². The molecule has 1 N–H and O–H groups in total. The molecule has 4 heterocycles. The van der Waals surface area contributed by atoms with E-state index >= 15 is 0 Å². The largest absolute Gasteiger partial charge is 0.497 e. The number of rotatable bonds is 4. The molecule has 0 radical (unpaired) electrons. The van der Waals surface area contributed by atoms with Crippen molar-refractivity contribution in [2.45, 2.75) is 25.4 Å². The molecule has 0 saturated carbocycles. The maximum absolute atomic E-state index is 12.3. The summed E-state index contributed by atoms with van der Waals surface area (Å²) in [6, 6.07) is 10.3. The Morgan fingerprint density at radius 1 is 1.14 bits per heavy atom. The lowest BCUT2D eigenvalue weighted by atomic mass is 10.1. The molecule has 1 unspecified atom stereocenters. The summed E-state index contributed by atoms with van der Waals surface area (Å²) in [7, 11) is 1.69. The van der Waals surface area contributed by atoms with E-state index in [-0.39, 0.29) is 11.9 Å². The van der Waals surface area contributed by atoms with E-state index in [2.05, 4.69) is 38.2 Å². The minimum atomic E-state index is -0.0353. The van der Waals surface area contributed by atoms with E-state index in [1.54, 1.807) is 7.11 Å². The predicted octanol–water partition coefficient (Wildman–Crippen LogP) is 2.33. The monoisotopic (exact) mass is 393 g/mol. The Bertz CT molecular complexity index is 893. The zero-order valence-corrected chi connectivity index (χ0v) is 16.8. The third-order valence-electron chi connectivity index (χ3n) is 6.22. The quantitative estimate of drug-likeness (QED) is 0.860. The third-order valence-corrected chi connectivity index (χ3v) is 6.22. The number of hydrogen-bond donors (Lipinski definition) is 1. The van der Waals surface area contributed by atoms with Gasteiger partial charge in [-0.3, -0.25) is 9.69 Å². The summed E-state index contributed by atoms with van der Waals surface area (Å²) in [6.07, 6.45) is 3.95. The number of fused-ring (bicyclic) bond motifs is 3. The van der Waals surface area contributed by atoms with E-state index in [0.29, 0.717) is 0 Å². The van der Waals surface area contributed by atoms with Gasteiger partial charge in [-0.05, 0) is 48.7 Å². The molecular formula is C22H27N5O2. The number of benzene rings is 1. The molecule has 1 aromatic carbocycles. The molecule has 2 fully saturated rings. The van der Waals surface area contributed by atoms with Crippen molar-refractivity contribution in [1.82, 2.24) is 9.88 Å². The van der Waals surface area contributed by atoms with Crippen molar-refractivity contribution in [2.75, 3.05) is 55.0 Å². The van der Waals surface area contributed by atoms with E-state index < -0.39 is 0 Å². The number of pyridine rings is 1. The summed E-state index contributed by atoms with van der Waals surface area (Å²) in [5.74, 6) is 1.93. The molecule has 1 aromatic heterocycles. The van der Waals surface area contributed by atoms with E-state index in [9.17, 15) is 4.79 Å². The van der Waals surface area contributed by atoms with Gasteiger partial charge in [-0.1, -0.05) is 0 Å². The topological polar surface area (TPSA) is 60.9 Å². The molecule has 1 amide bonds. The van der Waals surface area contributed by atoms with Crippen LogP contribution in [0.5, 0.6) is 5.75 Å². The third kappa shape index (κ3) is 3.51. The molecule has 152 valence electrons. The molecule has 29 heavy (non-hydrogen) atoms. The summed E-state index contributed by atoms with van der Waals surface area (Å²) in [4.78, 5) is 24.1. The zero-order valence-electron chi connectivity index (χ0n) is 16.8. The summed E-state index contributed by atoms with van der Waals surface area (Å²) < 4.78 is 5.25. The van der Waals surface area contributed by atoms with Gasteiger partial charge in [-0.2, -0.15) is 0 Å². The highest BCUT2D eigenvalue weighted by Crippen LogP contribution is 2.35. The van der Waals surface area contributed by atoms with Gasteiger partial charge in [0.2, 0.25) is 5.91 Å². The second-order valence-electron chi connectivity index (χ2n) is 8.02. The van der Waals surface area contributed by atoms with E-state index in [4.69, 9.17) is 9.72 Å². The number of nitrogens with one attached hydrogen (secondary N) is 1. The highest BCUT2D eigenvalue weighted by Gasteiger charge is 2.37. The SMILES string of the molecule is COc1ccc(N2CCN(Cc3cnc4c(c3)NC(=O)C3CCCN43)CC2)cc1. The second-order valence-corrected chi connectivity index (χ2v) is 8.02. The molecule has 0 bridgehead atoms. The van der Waals surface area contributed by atoms with Crippen molar-refractivity contribution in [1.29, 1.82) is 0 Å². The summed E-state index contributed by atoms with van der Waals surface area (Å²) in [5, 5.41) is 3.07. The predicted molar refractivity (Wildman–Crippen MR) is 114 cm³/mol. The Morgan fingerprint density at radius 2 is 1.93 bits per heavy atom. The molecule has 5 rings (SSSR count). The Morgan fingerprint density at radius 3 is 2.69 bits per heavy atom. The molecule has 3 aliphatic heterocycles. The average Bonchev–Trinajstić information content (AvgIpc) is 3.25. The number of nitrogens with zero attached hydrogens (tertiary/aromatic N) is 4. The Balaban J connectivity index is 1.22. The van der Waals surface area contributed by atoms with Crippen LogP contribution < -0.4 is 19.9 Å². The first-order valence-corrected chi connectivity index (χ1v) is 10.4. The molecular weight excluding hydrogens is 366 g/mol. The van der Waals surface area contributed by atoms with Gasteiger partial charge in [0.25, 0.3) is 0 Å². The average molecular weight is 393 g/mol. The highest BCUT2D eigenvalue weighted by molar-refractivity contribution is 6.03. The molecule has 2 saturated heterocycles. The lowest BCUT2D eigenvalue weighted by Crippen LogP contribution is -2.46. The second kappa shape index (κ2) is 7.55. The molecule has 3 aliphatic rings. The summed E-state index contributed by atoms with van der Waals surface area (Å²) >= 11 is 0. The van der Waals surface area contributed by atoms with Crippen molar-refractivity contribution >= 4 is 23.1 Å². The fraction of sp³-hybridized carbons (Fsp3) is 0.455. The lowest BCUT2D eigenvalue weighted by Gasteiger charge is -2.36. The van der Waals surface area contributed by atoms with E-state index in [1.807, 2.05) is 18.3 Å². The maximum atomic E-state index is 12.3. The molecule has 7 nitrogen and oxygen atoms in total. The van der Waals surface area contributed by atoms with Crippen molar-refractivity contribution in [3.8, 4) is 5.75 Å². The number of ether oxygens (including phenoxy) is 1. The van der Waals surface area contributed by atoms with Gasteiger partial charge in [0.15, 0.2) is 5.82 Å². The summed E-state index contributed by atoms with van der Waals surface area (Å²) in [6.45, 7) is 5.78. The van der Waals surface area contributed by atoms with Crippen LogP contribution in [0.15, 0.2) is 36.5 Å².